The predicted octanol–water partition coefficient (Wildman–Crippen LogP) is -0.0242. The van der Waals surface area contributed by atoms with Crippen molar-refractivity contribution >= 4 is 11.9 Å². The van der Waals surface area contributed by atoms with E-state index >= 15 is 0 Å². The molecular formula is C10H3BF7N2Na. The van der Waals surface area contributed by atoms with Crippen LogP contribution < -0.4 is 35.0 Å². The second-order valence-electron chi connectivity index (χ2n) is 3.86. The average molecular weight is 318 g/mol. The van der Waals surface area contributed by atoms with Crippen LogP contribution in [0.1, 0.15) is 11.1 Å². The fourth-order valence-electron chi connectivity index (χ4n) is 1.39. The minimum absolute atomic E-state index is 0. The summed E-state index contributed by atoms with van der Waals surface area (Å²) in [7, 11) is 0. The molecule has 0 saturated carbocycles. The van der Waals surface area contributed by atoms with Gasteiger partial charge in [-0.2, -0.15) is 26.3 Å². The van der Waals surface area contributed by atoms with Crippen LogP contribution in [-0.2, 0) is 12.4 Å². The Hall–Kier alpha value is -1.23. The second-order valence-corrected chi connectivity index (χ2v) is 3.86. The van der Waals surface area contributed by atoms with Crippen LogP contribution >= 0.6 is 0 Å². The molecule has 0 bridgehead atoms. The van der Waals surface area contributed by atoms with Crippen LogP contribution in [0.5, 0.6) is 0 Å². The summed E-state index contributed by atoms with van der Waals surface area (Å²) in [5, 5.41) is 16.9. The van der Waals surface area contributed by atoms with E-state index in [1.807, 2.05) is 0 Å². The smallest absolute Gasteiger partial charge is 0.476 e. The molecule has 0 aliphatic rings. The van der Waals surface area contributed by atoms with Gasteiger partial charge in [0.15, 0.2) is 0 Å². The van der Waals surface area contributed by atoms with Crippen molar-refractivity contribution in [2.45, 2.75) is 12.4 Å². The predicted molar refractivity (Wildman–Crippen MR) is 54.2 cm³/mol. The van der Waals surface area contributed by atoms with E-state index in [-0.39, 0.29) is 47.8 Å². The van der Waals surface area contributed by atoms with Gasteiger partial charge in [0.2, 0.25) is 0 Å². The van der Waals surface area contributed by atoms with Gasteiger partial charge in [-0.05, 0) is 6.07 Å². The Balaban J connectivity index is 0.00000400. The van der Waals surface area contributed by atoms with Crippen molar-refractivity contribution in [3.63, 3.8) is 0 Å². The Bertz CT molecular complexity index is 566. The number of nitrogens with zero attached hydrogens (tertiary/aromatic N) is 2. The van der Waals surface area contributed by atoms with E-state index < -0.39 is 35.4 Å². The maximum absolute atomic E-state index is 13.7. The number of alkyl halides is 6. The second kappa shape index (κ2) is 6.26. The minimum atomic E-state index is -5.17. The standard InChI is InChI=1S/C10H3BF7N2.Na/c12-9(13,14)6-1-7(10(15,16)17)3-8(2-6)11(18,4-19)5-20;/h1-3H;/q-1;+1. The molecule has 0 aliphatic heterocycles. The van der Waals surface area contributed by atoms with Crippen molar-refractivity contribution < 1.29 is 60.2 Å². The first kappa shape index (κ1) is 19.8. The SMILES string of the molecule is N#C[B-](F)(C#N)c1cc(C(F)(F)F)cc(C(F)(F)F)c1.[Na+]. The van der Waals surface area contributed by atoms with Crippen molar-refractivity contribution in [3.05, 3.63) is 29.3 Å². The molecule has 0 heterocycles. The van der Waals surface area contributed by atoms with Gasteiger partial charge in [-0.15, -0.1) is 5.46 Å². The molecule has 106 valence electrons. The van der Waals surface area contributed by atoms with E-state index in [1.165, 1.54) is 0 Å². The molecule has 0 atom stereocenters. The summed E-state index contributed by atoms with van der Waals surface area (Å²) in [5.41, 5.74) is -4.81. The van der Waals surface area contributed by atoms with Crippen molar-refractivity contribution in [1.29, 1.82) is 10.5 Å². The molecule has 21 heavy (non-hydrogen) atoms. The van der Waals surface area contributed by atoms with Crippen LogP contribution in [0.4, 0.5) is 30.7 Å². The third-order valence-corrected chi connectivity index (χ3v) is 2.43. The number of hydrogen-bond acceptors (Lipinski definition) is 2. The maximum Gasteiger partial charge on any atom is 1.00 e. The van der Waals surface area contributed by atoms with Crippen molar-refractivity contribution in [3.8, 4) is 11.9 Å². The van der Waals surface area contributed by atoms with Crippen LogP contribution in [-0.4, -0.2) is 6.42 Å². The van der Waals surface area contributed by atoms with E-state index in [9.17, 15) is 30.7 Å². The van der Waals surface area contributed by atoms with Gasteiger partial charge >= 0.3 is 48.3 Å². The molecule has 0 saturated heterocycles. The molecular weight excluding hydrogens is 315 g/mol. The molecule has 0 fully saturated rings. The summed E-state index contributed by atoms with van der Waals surface area (Å²) in [6.07, 6.45) is -14.6. The fourth-order valence-corrected chi connectivity index (χ4v) is 1.39. The van der Waals surface area contributed by atoms with E-state index in [0.717, 1.165) is 11.9 Å². The summed E-state index contributed by atoms with van der Waals surface area (Å²) in [4.78, 5) is 0. The Morgan fingerprint density at radius 3 is 1.38 bits per heavy atom. The molecule has 1 aromatic carbocycles. The first-order chi connectivity index (χ1) is 8.94. The van der Waals surface area contributed by atoms with Gasteiger partial charge in [0.25, 0.3) is 0 Å². The first-order valence-corrected chi connectivity index (χ1v) is 4.90. The number of rotatable bonds is 1. The molecule has 0 aliphatic carbocycles. The van der Waals surface area contributed by atoms with Gasteiger partial charge in [-0.1, -0.05) is 24.1 Å². The van der Waals surface area contributed by atoms with Gasteiger partial charge < -0.3 is 4.32 Å². The zero-order valence-corrected chi connectivity index (χ0v) is 12.3. The third-order valence-electron chi connectivity index (χ3n) is 2.43. The Labute approximate surface area is 136 Å². The maximum atomic E-state index is 13.7. The molecule has 1 aromatic rings. The summed E-state index contributed by atoms with van der Waals surface area (Å²) < 4.78 is 88.6. The molecule has 0 spiro atoms. The van der Waals surface area contributed by atoms with Crippen LogP contribution in [0.25, 0.3) is 0 Å². The zero-order chi connectivity index (χ0) is 15.8. The minimum Gasteiger partial charge on any atom is -0.476 e. The van der Waals surface area contributed by atoms with E-state index in [4.69, 9.17) is 10.5 Å². The van der Waals surface area contributed by atoms with Gasteiger partial charge in [-0.25, -0.2) is 10.5 Å². The van der Waals surface area contributed by atoms with Gasteiger partial charge in [0.1, 0.15) is 0 Å². The van der Waals surface area contributed by atoms with Gasteiger partial charge in [0.05, 0.1) is 11.1 Å². The van der Waals surface area contributed by atoms with Crippen LogP contribution in [0.3, 0.4) is 0 Å². The normalized spacial score (nSPS) is 12.0. The molecule has 0 radical (unpaired) electrons. The monoisotopic (exact) mass is 318 g/mol. The topological polar surface area (TPSA) is 47.6 Å². The van der Waals surface area contributed by atoms with E-state index in [0.29, 0.717) is 0 Å². The Morgan fingerprint density at radius 1 is 0.810 bits per heavy atom. The van der Waals surface area contributed by atoms with E-state index in [1.54, 1.807) is 0 Å². The van der Waals surface area contributed by atoms with Crippen LogP contribution in [0, 0.1) is 22.5 Å². The largest absolute Gasteiger partial charge is 1.00 e. The molecule has 0 unspecified atom stereocenters. The molecule has 11 heteroatoms. The summed E-state index contributed by atoms with van der Waals surface area (Å²) >= 11 is 0. The Kier molecular flexibility index (Phi) is 5.90. The molecule has 0 amide bonds. The number of hydrogen-bond donors (Lipinski definition) is 0. The number of nitriles is 2. The summed E-state index contributed by atoms with van der Waals surface area (Å²) in [5.74, 6) is 1.60. The fraction of sp³-hybridized carbons (Fsp3) is 0.200. The van der Waals surface area contributed by atoms with Crippen LogP contribution in [0.2, 0.25) is 0 Å². The summed E-state index contributed by atoms with van der Waals surface area (Å²) in [6, 6.07) is -0.155. The molecule has 1 rings (SSSR count). The van der Waals surface area contributed by atoms with E-state index in [2.05, 4.69) is 0 Å². The number of halogens is 7. The van der Waals surface area contributed by atoms with Crippen molar-refractivity contribution in [2.24, 2.45) is 0 Å². The van der Waals surface area contributed by atoms with Gasteiger partial charge in [0, 0.05) is 0 Å². The van der Waals surface area contributed by atoms with Crippen molar-refractivity contribution in [1.82, 2.24) is 0 Å². The Morgan fingerprint density at radius 2 is 1.14 bits per heavy atom. The molecule has 2 nitrogen and oxygen atoms in total. The first-order valence-electron chi connectivity index (χ1n) is 4.90. The quantitative estimate of drug-likeness (QED) is 0.540. The number of benzene rings is 1. The third kappa shape index (κ3) is 4.37. The molecule has 0 N–H and O–H groups in total. The van der Waals surface area contributed by atoms with Crippen molar-refractivity contribution in [2.75, 3.05) is 0 Å². The summed E-state index contributed by atoms with van der Waals surface area (Å²) in [6.45, 7) is 0. The molecule has 0 aromatic heterocycles. The van der Waals surface area contributed by atoms with Gasteiger partial charge in [-0.3, -0.25) is 0 Å². The zero-order valence-electron chi connectivity index (χ0n) is 10.3. The average Bonchev–Trinajstić information content (AvgIpc) is 2.35. The van der Waals surface area contributed by atoms with Crippen LogP contribution in [0.15, 0.2) is 18.2 Å².